The maximum atomic E-state index is 2.40. The van der Waals surface area contributed by atoms with Gasteiger partial charge in [-0.15, -0.1) is 0 Å². The van der Waals surface area contributed by atoms with E-state index in [1.165, 1.54) is 51.9 Å². The van der Waals surface area contributed by atoms with Crippen LogP contribution in [0.15, 0.2) is 142 Å². The minimum absolute atomic E-state index is 0.342. The largest absolute Gasteiger partial charge is 0.0856 e. The minimum atomic E-state index is 0.342. The third-order valence-electron chi connectivity index (χ3n) is 7.24. The molecule has 0 aromatic heterocycles. The van der Waals surface area contributed by atoms with Crippen molar-refractivity contribution in [1.29, 1.82) is 0 Å². The van der Waals surface area contributed by atoms with Gasteiger partial charge in [-0.05, 0) is 86.5 Å². The molecule has 0 bridgehead atoms. The van der Waals surface area contributed by atoms with Crippen LogP contribution < -0.4 is 0 Å². The highest BCUT2D eigenvalue weighted by Crippen LogP contribution is 2.41. The Morgan fingerprint density at radius 1 is 0.700 bits per heavy atom. The number of allylic oxidation sites excluding steroid dienone is 24. The highest BCUT2D eigenvalue weighted by molar-refractivity contribution is 5.33. The van der Waals surface area contributed by atoms with Crippen LogP contribution in [0.2, 0.25) is 0 Å². The standard InChI is InChI=1S/C40H56/c1-32(2)18-13-21-35(5)24-15-26-36(6)25-14-22-33(3)19-11-12-20-34(4)23-16-27-37(7)29-30-39-38(8)28-17-31-40(39,9)10/h11-12,14-16,18-20,22-30,39H,13,17,21,31H2,1-10H3/b12-11+,22-14+,23-16+,26-15+,30-29+,33-19+,34-20+,35-24+,36-25+,37-27+/t39-/m1/s1. The molecule has 1 aliphatic carbocycles. The van der Waals surface area contributed by atoms with Gasteiger partial charge in [0.05, 0.1) is 0 Å². The van der Waals surface area contributed by atoms with Crippen molar-refractivity contribution in [3.05, 3.63) is 142 Å². The summed E-state index contributed by atoms with van der Waals surface area (Å²) in [6.07, 6.45) is 42.0. The summed E-state index contributed by atoms with van der Waals surface area (Å²) in [4.78, 5) is 0. The summed E-state index contributed by atoms with van der Waals surface area (Å²) in [5.41, 5.74) is 9.61. The first-order valence-corrected chi connectivity index (χ1v) is 14.9. The van der Waals surface area contributed by atoms with E-state index in [1.54, 1.807) is 0 Å². The Labute approximate surface area is 248 Å². The molecule has 0 aliphatic heterocycles. The van der Waals surface area contributed by atoms with Gasteiger partial charge in [-0.3, -0.25) is 0 Å². The quantitative estimate of drug-likeness (QED) is 0.162. The highest BCUT2D eigenvalue weighted by atomic mass is 14.3. The third kappa shape index (κ3) is 16.1. The van der Waals surface area contributed by atoms with Gasteiger partial charge in [0.15, 0.2) is 0 Å². The third-order valence-corrected chi connectivity index (χ3v) is 7.24. The first kappa shape index (κ1) is 34.9. The van der Waals surface area contributed by atoms with Crippen LogP contribution in [0.3, 0.4) is 0 Å². The predicted molar refractivity (Wildman–Crippen MR) is 183 cm³/mol. The summed E-state index contributed by atoms with van der Waals surface area (Å²) in [5.74, 6) is 0.531. The average molecular weight is 537 g/mol. The Balaban J connectivity index is 2.57. The topological polar surface area (TPSA) is 0 Å². The first-order valence-electron chi connectivity index (χ1n) is 14.9. The van der Waals surface area contributed by atoms with Crippen molar-refractivity contribution in [3.8, 4) is 0 Å². The van der Waals surface area contributed by atoms with Crippen LogP contribution in [0.4, 0.5) is 0 Å². The zero-order chi connectivity index (χ0) is 30.0. The minimum Gasteiger partial charge on any atom is -0.0856 e. The molecule has 0 N–H and O–H groups in total. The summed E-state index contributed by atoms with van der Waals surface area (Å²) in [7, 11) is 0. The van der Waals surface area contributed by atoms with Crippen LogP contribution >= 0.6 is 0 Å². The summed E-state index contributed by atoms with van der Waals surface area (Å²) < 4.78 is 0. The highest BCUT2D eigenvalue weighted by Gasteiger charge is 2.30. The lowest BCUT2D eigenvalue weighted by Gasteiger charge is -2.36. The molecule has 216 valence electrons. The second-order valence-electron chi connectivity index (χ2n) is 12.3. The molecular formula is C40H56. The summed E-state index contributed by atoms with van der Waals surface area (Å²) >= 11 is 0. The zero-order valence-electron chi connectivity index (χ0n) is 27.2. The molecule has 40 heavy (non-hydrogen) atoms. The number of hydrogen-bond donors (Lipinski definition) is 0. The second kappa shape index (κ2) is 19.0. The van der Waals surface area contributed by atoms with Gasteiger partial charge in [0.2, 0.25) is 0 Å². The van der Waals surface area contributed by atoms with Crippen molar-refractivity contribution in [2.75, 3.05) is 0 Å². The number of hydrogen-bond acceptors (Lipinski definition) is 0. The van der Waals surface area contributed by atoms with Crippen LogP contribution in [-0.2, 0) is 0 Å². The lowest BCUT2D eigenvalue weighted by molar-refractivity contribution is 0.255. The molecule has 1 aliphatic rings. The average Bonchev–Trinajstić information content (AvgIpc) is 2.85. The molecule has 0 radical (unpaired) electrons. The van der Waals surface area contributed by atoms with Gasteiger partial charge in [-0.2, -0.15) is 0 Å². The van der Waals surface area contributed by atoms with Crippen molar-refractivity contribution in [2.45, 2.75) is 94.9 Å². The van der Waals surface area contributed by atoms with Gasteiger partial charge in [0.25, 0.3) is 0 Å². The van der Waals surface area contributed by atoms with Crippen LogP contribution in [0, 0.1) is 11.3 Å². The van der Waals surface area contributed by atoms with Gasteiger partial charge in [-0.25, -0.2) is 0 Å². The van der Waals surface area contributed by atoms with Crippen molar-refractivity contribution >= 4 is 0 Å². The van der Waals surface area contributed by atoms with Crippen LogP contribution in [0.5, 0.6) is 0 Å². The van der Waals surface area contributed by atoms with E-state index >= 15 is 0 Å². The second-order valence-corrected chi connectivity index (χ2v) is 12.3. The lowest BCUT2D eigenvalue weighted by atomic mass is 9.68. The first-order chi connectivity index (χ1) is 18.9. The van der Waals surface area contributed by atoms with Gasteiger partial charge >= 0.3 is 0 Å². The monoisotopic (exact) mass is 536 g/mol. The maximum Gasteiger partial charge on any atom is 0.00285 e. The van der Waals surface area contributed by atoms with E-state index in [1.807, 2.05) is 0 Å². The summed E-state index contributed by atoms with van der Waals surface area (Å²) in [5, 5.41) is 0. The Hall–Kier alpha value is -3.12. The Morgan fingerprint density at radius 2 is 1.18 bits per heavy atom. The van der Waals surface area contributed by atoms with Crippen molar-refractivity contribution in [3.63, 3.8) is 0 Å². The van der Waals surface area contributed by atoms with Crippen molar-refractivity contribution in [2.24, 2.45) is 11.3 Å². The van der Waals surface area contributed by atoms with E-state index in [4.69, 9.17) is 0 Å². The fourth-order valence-corrected chi connectivity index (χ4v) is 4.61. The fraction of sp³-hybridized carbons (Fsp3) is 0.400. The van der Waals surface area contributed by atoms with Crippen LogP contribution in [-0.4, -0.2) is 0 Å². The molecule has 0 fully saturated rings. The molecule has 0 spiro atoms. The lowest BCUT2D eigenvalue weighted by Crippen LogP contribution is -2.26. The van der Waals surface area contributed by atoms with E-state index in [9.17, 15) is 0 Å². The molecular weight excluding hydrogens is 480 g/mol. The predicted octanol–water partition coefficient (Wildman–Crippen LogP) is 12.6. The molecule has 1 atom stereocenters. The molecule has 1 rings (SSSR count). The van der Waals surface area contributed by atoms with E-state index in [0.717, 1.165) is 12.8 Å². The molecule has 0 saturated carbocycles. The zero-order valence-corrected chi connectivity index (χ0v) is 27.2. The van der Waals surface area contributed by atoms with Gasteiger partial charge < -0.3 is 0 Å². The smallest absolute Gasteiger partial charge is 0.00285 e. The van der Waals surface area contributed by atoms with Crippen molar-refractivity contribution < 1.29 is 0 Å². The normalized spacial score (nSPS) is 20.1. The molecule has 0 aromatic rings. The van der Waals surface area contributed by atoms with E-state index in [0.29, 0.717) is 11.3 Å². The molecule has 0 heteroatoms. The molecule has 0 saturated heterocycles. The SMILES string of the molecule is CC(C)=CCC/C(C)=C/C=C/C(C)=C/C=C/C(C)=C/C=C/C=C(C)/C=C/C=C(C)/C=C/[C@@H]1C(C)=CCCC1(C)C. The van der Waals surface area contributed by atoms with Gasteiger partial charge in [0.1, 0.15) is 0 Å². The van der Waals surface area contributed by atoms with E-state index in [2.05, 4.69) is 173 Å². The van der Waals surface area contributed by atoms with Gasteiger partial charge in [-0.1, -0.05) is 156 Å². The molecule has 0 aromatic carbocycles. The summed E-state index contributed by atoms with van der Waals surface area (Å²) in [6, 6.07) is 0. The van der Waals surface area contributed by atoms with Crippen molar-refractivity contribution in [1.82, 2.24) is 0 Å². The molecule has 0 amide bonds. The van der Waals surface area contributed by atoms with E-state index in [-0.39, 0.29) is 0 Å². The van der Waals surface area contributed by atoms with Crippen LogP contribution in [0.25, 0.3) is 0 Å². The van der Waals surface area contributed by atoms with Crippen LogP contribution in [0.1, 0.15) is 94.9 Å². The fourth-order valence-electron chi connectivity index (χ4n) is 4.61. The number of rotatable bonds is 13. The molecule has 0 nitrogen and oxygen atoms in total. The van der Waals surface area contributed by atoms with E-state index < -0.39 is 0 Å². The van der Waals surface area contributed by atoms with Gasteiger partial charge in [0, 0.05) is 5.92 Å². The molecule has 0 heterocycles. The Morgan fingerprint density at radius 3 is 1.68 bits per heavy atom. The summed E-state index contributed by atoms with van der Waals surface area (Å²) in [6.45, 7) is 22.1. The molecule has 0 unspecified atom stereocenters. The maximum absolute atomic E-state index is 2.40. The Kier molecular flexibility index (Phi) is 16.6. The Bertz CT molecular complexity index is 1160.